The van der Waals surface area contributed by atoms with Crippen LogP contribution in [0.1, 0.15) is 38.8 Å². The highest BCUT2D eigenvalue weighted by molar-refractivity contribution is 6.64. The Bertz CT molecular complexity index is 510. The molecule has 1 aliphatic heterocycles. The summed E-state index contributed by atoms with van der Waals surface area (Å²) in [6.07, 6.45) is 1.27. The van der Waals surface area contributed by atoms with Gasteiger partial charge in [0.25, 0.3) is 0 Å². The SMILES string of the molecule is Cc1ccc(N)c(C=N)c1B1OC(C)(C)C(C)(C)O1. The highest BCUT2D eigenvalue weighted by atomic mass is 16.7. The fourth-order valence-corrected chi connectivity index (χ4v) is 2.20. The molecular formula is C14H21BN2O2. The van der Waals surface area contributed by atoms with E-state index in [2.05, 4.69) is 0 Å². The zero-order valence-electron chi connectivity index (χ0n) is 12.2. The summed E-state index contributed by atoms with van der Waals surface area (Å²) in [5.74, 6) is 0. The third-order valence-corrected chi connectivity index (χ3v) is 4.17. The zero-order valence-corrected chi connectivity index (χ0v) is 12.2. The van der Waals surface area contributed by atoms with Crippen LogP contribution < -0.4 is 11.2 Å². The van der Waals surface area contributed by atoms with E-state index in [0.29, 0.717) is 11.3 Å². The van der Waals surface area contributed by atoms with E-state index < -0.39 is 18.3 Å². The Morgan fingerprint density at radius 2 is 1.68 bits per heavy atom. The summed E-state index contributed by atoms with van der Waals surface area (Å²) >= 11 is 0. The molecular weight excluding hydrogens is 239 g/mol. The molecule has 1 heterocycles. The van der Waals surface area contributed by atoms with Gasteiger partial charge in [-0.1, -0.05) is 11.6 Å². The number of rotatable bonds is 2. The normalized spacial score (nSPS) is 20.6. The maximum absolute atomic E-state index is 7.57. The lowest BCUT2D eigenvalue weighted by Gasteiger charge is -2.32. The Morgan fingerprint density at radius 1 is 1.16 bits per heavy atom. The monoisotopic (exact) mass is 260 g/mol. The predicted octanol–water partition coefficient (Wildman–Crippen LogP) is 1.87. The van der Waals surface area contributed by atoms with Crippen LogP contribution in [-0.2, 0) is 9.31 Å². The van der Waals surface area contributed by atoms with Crippen LogP contribution in [0.3, 0.4) is 0 Å². The molecule has 0 unspecified atom stereocenters. The lowest BCUT2D eigenvalue weighted by atomic mass is 9.73. The van der Waals surface area contributed by atoms with Gasteiger partial charge >= 0.3 is 7.12 Å². The van der Waals surface area contributed by atoms with E-state index in [0.717, 1.165) is 11.0 Å². The van der Waals surface area contributed by atoms with Crippen molar-refractivity contribution < 1.29 is 9.31 Å². The van der Waals surface area contributed by atoms with Gasteiger partial charge in [-0.05, 0) is 46.1 Å². The number of nitrogens with two attached hydrogens (primary N) is 1. The molecule has 1 fully saturated rings. The van der Waals surface area contributed by atoms with Gasteiger partial charge in [-0.2, -0.15) is 0 Å². The number of nitrogen functional groups attached to an aromatic ring is 1. The molecule has 3 N–H and O–H groups in total. The van der Waals surface area contributed by atoms with E-state index in [-0.39, 0.29) is 0 Å². The maximum Gasteiger partial charge on any atom is 0.495 e. The van der Waals surface area contributed by atoms with E-state index in [1.807, 2.05) is 46.8 Å². The minimum Gasteiger partial charge on any atom is -0.399 e. The first-order valence-electron chi connectivity index (χ1n) is 6.45. The summed E-state index contributed by atoms with van der Waals surface area (Å²) < 4.78 is 12.1. The Morgan fingerprint density at radius 3 is 2.16 bits per heavy atom. The molecule has 0 radical (unpaired) electrons. The van der Waals surface area contributed by atoms with Crippen molar-refractivity contribution in [2.45, 2.75) is 45.8 Å². The molecule has 0 amide bonds. The molecule has 4 nitrogen and oxygen atoms in total. The van der Waals surface area contributed by atoms with Gasteiger partial charge in [-0.25, -0.2) is 0 Å². The lowest BCUT2D eigenvalue weighted by Crippen LogP contribution is -2.41. The van der Waals surface area contributed by atoms with Gasteiger partial charge in [-0.15, -0.1) is 0 Å². The number of hydrogen-bond acceptors (Lipinski definition) is 4. The average molecular weight is 260 g/mol. The van der Waals surface area contributed by atoms with Crippen molar-refractivity contribution in [2.75, 3.05) is 5.73 Å². The second-order valence-corrected chi connectivity index (χ2v) is 6.03. The fourth-order valence-electron chi connectivity index (χ4n) is 2.20. The van der Waals surface area contributed by atoms with Crippen molar-refractivity contribution >= 4 is 24.5 Å². The minimum absolute atomic E-state index is 0.395. The molecule has 1 saturated heterocycles. The highest BCUT2D eigenvalue weighted by Crippen LogP contribution is 2.37. The summed E-state index contributed by atoms with van der Waals surface area (Å²) in [5, 5.41) is 7.57. The van der Waals surface area contributed by atoms with Crippen LogP contribution in [0.15, 0.2) is 12.1 Å². The second kappa shape index (κ2) is 4.35. The first-order valence-corrected chi connectivity index (χ1v) is 6.45. The van der Waals surface area contributed by atoms with Gasteiger partial charge in [-0.3, -0.25) is 0 Å². The van der Waals surface area contributed by atoms with E-state index >= 15 is 0 Å². The standard InChI is InChI=1S/C14H21BN2O2/c1-9-6-7-11(17)10(8-16)12(9)15-18-13(2,3)14(4,5)19-15/h6-8,16H,17H2,1-5H3. The van der Waals surface area contributed by atoms with Gasteiger partial charge in [0.2, 0.25) is 0 Å². The first-order chi connectivity index (χ1) is 8.69. The van der Waals surface area contributed by atoms with Gasteiger partial charge in [0.05, 0.1) is 11.2 Å². The van der Waals surface area contributed by atoms with Crippen LogP contribution in [0.4, 0.5) is 5.69 Å². The fraction of sp³-hybridized carbons (Fsp3) is 0.500. The first kappa shape index (κ1) is 14.1. The smallest absolute Gasteiger partial charge is 0.399 e. The summed E-state index contributed by atoms with van der Waals surface area (Å²) in [5.41, 5.74) is 8.28. The van der Waals surface area contributed by atoms with Crippen LogP contribution in [0.2, 0.25) is 0 Å². The summed E-state index contributed by atoms with van der Waals surface area (Å²) in [6.45, 7) is 10.0. The van der Waals surface area contributed by atoms with Crippen LogP contribution >= 0.6 is 0 Å². The molecule has 19 heavy (non-hydrogen) atoms. The highest BCUT2D eigenvalue weighted by Gasteiger charge is 2.52. The van der Waals surface area contributed by atoms with Gasteiger partial charge in [0.15, 0.2) is 0 Å². The summed E-state index contributed by atoms with van der Waals surface area (Å²) in [7, 11) is -0.481. The number of aryl methyl sites for hydroxylation is 1. The molecule has 1 aromatic carbocycles. The van der Waals surface area contributed by atoms with E-state index in [1.165, 1.54) is 6.21 Å². The molecule has 0 atom stereocenters. The van der Waals surface area contributed by atoms with Crippen molar-refractivity contribution in [2.24, 2.45) is 0 Å². The van der Waals surface area contributed by atoms with Crippen LogP contribution in [0.5, 0.6) is 0 Å². The number of hydrogen-bond donors (Lipinski definition) is 2. The molecule has 0 aromatic heterocycles. The average Bonchev–Trinajstić information content (AvgIpc) is 2.50. The van der Waals surface area contributed by atoms with E-state index in [9.17, 15) is 0 Å². The van der Waals surface area contributed by atoms with Crippen molar-refractivity contribution in [1.29, 1.82) is 5.41 Å². The molecule has 102 valence electrons. The number of benzene rings is 1. The predicted molar refractivity (Wildman–Crippen MR) is 79.2 cm³/mol. The lowest BCUT2D eigenvalue weighted by molar-refractivity contribution is 0.00578. The van der Waals surface area contributed by atoms with E-state index in [1.54, 1.807) is 0 Å². The minimum atomic E-state index is -0.481. The van der Waals surface area contributed by atoms with Crippen LogP contribution in [0.25, 0.3) is 0 Å². The molecule has 0 spiro atoms. The zero-order chi connectivity index (χ0) is 14.4. The Kier molecular flexibility index (Phi) is 3.23. The van der Waals surface area contributed by atoms with Crippen molar-refractivity contribution in [3.8, 4) is 0 Å². The molecule has 0 bridgehead atoms. The molecule has 2 rings (SSSR count). The summed E-state index contributed by atoms with van der Waals surface area (Å²) in [6, 6.07) is 3.74. The molecule has 0 aliphatic carbocycles. The van der Waals surface area contributed by atoms with Crippen molar-refractivity contribution in [1.82, 2.24) is 0 Å². The number of anilines is 1. The molecule has 0 saturated carbocycles. The Labute approximate surface area is 114 Å². The third-order valence-electron chi connectivity index (χ3n) is 4.17. The third kappa shape index (κ3) is 2.17. The van der Waals surface area contributed by atoms with Crippen LogP contribution in [-0.4, -0.2) is 24.5 Å². The van der Waals surface area contributed by atoms with Crippen molar-refractivity contribution in [3.63, 3.8) is 0 Å². The van der Waals surface area contributed by atoms with Crippen molar-refractivity contribution in [3.05, 3.63) is 23.3 Å². The van der Waals surface area contributed by atoms with Gasteiger partial charge < -0.3 is 20.5 Å². The van der Waals surface area contributed by atoms with E-state index in [4.69, 9.17) is 20.5 Å². The largest absolute Gasteiger partial charge is 0.495 e. The topological polar surface area (TPSA) is 68.3 Å². The Balaban J connectivity index is 2.51. The molecule has 5 heteroatoms. The van der Waals surface area contributed by atoms with Gasteiger partial charge in [0, 0.05) is 17.5 Å². The van der Waals surface area contributed by atoms with Crippen LogP contribution in [0, 0.1) is 12.3 Å². The Hall–Kier alpha value is -1.33. The quantitative estimate of drug-likeness (QED) is 0.484. The second-order valence-electron chi connectivity index (χ2n) is 6.03. The molecule has 1 aromatic rings. The maximum atomic E-state index is 7.57. The van der Waals surface area contributed by atoms with Gasteiger partial charge in [0.1, 0.15) is 0 Å². The molecule has 1 aliphatic rings. The summed E-state index contributed by atoms with van der Waals surface area (Å²) in [4.78, 5) is 0. The number of nitrogens with one attached hydrogen (secondary N) is 1.